The predicted octanol–water partition coefficient (Wildman–Crippen LogP) is 1.40. The van der Waals surface area contributed by atoms with Gasteiger partial charge in [-0.25, -0.2) is 0 Å². The van der Waals surface area contributed by atoms with Crippen LogP contribution < -0.4 is 5.32 Å². The summed E-state index contributed by atoms with van der Waals surface area (Å²) in [7, 11) is 0. The summed E-state index contributed by atoms with van der Waals surface area (Å²) in [6.07, 6.45) is 0.722. The van der Waals surface area contributed by atoms with E-state index in [1.165, 1.54) is 19.1 Å². The van der Waals surface area contributed by atoms with Gasteiger partial charge < -0.3 is 15.3 Å². The van der Waals surface area contributed by atoms with E-state index in [4.69, 9.17) is 11.6 Å². The normalized spacial score (nSPS) is 18.4. The minimum atomic E-state index is -0.248. The molecular formula is C13H15ClN2O3. The fraction of sp³-hybridized carbons (Fsp3) is 0.385. The molecule has 1 saturated heterocycles. The Balaban J connectivity index is 2.07. The van der Waals surface area contributed by atoms with Crippen LogP contribution in [0.1, 0.15) is 23.7 Å². The highest BCUT2D eigenvalue weighted by molar-refractivity contribution is 6.30. The van der Waals surface area contributed by atoms with E-state index < -0.39 is 0 Å². The molecule has 19 heavy (non-hydrogen) atoms. The Labute approximate surface area is 116 Å². The first-order valence-corrected chi connectivity index (χ1v) is 6.40. The first-order chi connectivity index (χ1) is 8.97. The van der Waals surface area contributed by atoms with Gasteiger partial charge in [-0.1, -0.05) is 11.6 Å². The molecule has 1 aromatic rings. The van der Waals surface area contributed by atoms with Gasteiger partial charge in [-0.2, -0.15) is 0 Å². The third-order valence-corrected chi connectivity index (χ3v) is 3.31. The van der Waals surface area contributed by atoms with E-state index in [1.54, 1.807) is 11.0 Å². The van der Waals surface area contributed by atoms with Crippen LogP contribution in [0.25, 0.3) is 0 Å². The highest BCUT2D eigenvalue weighted by Crippen LogP contribution is 2.24. The van der Waals surface area contributed by atoms with E-state index in [-0.39, 0.29) is 29.2 Å². The average Bonchev–Trinajstić information content (AvgIpc) is 2.75. The number of phenolic OH excluding ortho intramolecular Hbond substituents is 1. The standard InChI is InChI=1S/C13H15ClN2O3/c1-8(17)15-10-4-5-16(7-10)13(19)11-3-2-9(14)6-12(11)18/h2-3,6,10,18H,4-5,7H2,1H3,(H,15,17). The molecule has 1 fully saturated rings. The number of phenols is 1. The summed E-state index contributed by atoms with van der Waals surface area (Å²) in [5.74, 6) is -0.476. The van der Waals surface area contributed by atoms with Crippen LogP contribution >= 0.6 is 11.6 Å². The van der Waals surface area contributed by atoms with Crippen molar-refractivity contribution in [2.45, 2.75) is 19.4 Å². The van der Waals surface area contributed by atoms with Crippen molar-refractivity contribution in [3.8, 4) is 5.75 Å². The van der Waals surface area contributed by atoms with E-state index in [0.717, 1.165) is 6.42 Å². The molecule has 2 amide bonds. The van der Waals surface area contributed by atoms with Gasteiger partial charge in [-0.15, -0.1) is 0 Å². The SMILES string of the molecule is CC(=O)NC1CCN(C(=O)c2ccc(Cl)cc2O)C1. The third-order valence-electron chi connectivity index (χ3n) is 3.07. The van der Waals surface area contributed by atoms with Crippen molar-refractivity contribution < 1.29 is 14.7 Å². The zero-order chi connectivity index (χ0) is 14.0. The third kappa shape index (κ3) is 3.17. The van der Waals surface area contributed by atoms with Crippen molar-refractivity contribution >= 4 is 23.4 Å². The van der Waals surface area contributed by atoms with Gasteiger partial charge >= 0.3 is 0 Å². The van der Waals surface area contributed by atoms with Crippen molar-refractivity contribution in [2.24, 2.45) is 0 Å². The molecule has 102 valence electrons. The molecule has 1 aliphatic rings. The summed E-state index contributed by atoms with van der Waals surface area (Å²) < 4.78 is 0. The number of rotatable bonds is 2. The summed E-state index contributed by atoms with van der Waals surface area (Å²) in [5.41, 5.74) is 0.230. The van der Waals surface area contributed by atoms with Gasteiger partial charge in [-0.3, -0.25) is 9.59 Å². The monoisotopic (exact) mass is 282 g/mol. The molecule has 1 aromatic carbocycles. The van der Waals surface area contributed by atoms with Gasteiger partial charge in [0.25, 0.3) is 5.91 Å². The molecule has 5 nitrogen and oxygen atoms in total. The molecular weight excluding hydrogens is 268 g/mol. The summed E-state index contributed by atoms with van der Waals surface area (Å²) in [4.78, 5) is 24.8. The maximum absolute atomic E-state index is 12.2. The number of carbonyl (C=O) groups excluding carboxylic acids is 2. The van der Waals surface area contributed by atoms with E-state index in [2.05, 4.69) is 5.32 Å². The molecule has 1 atom stereocenters. The number of carbonyl (C=O) groups is 2. The van der Waals surface area contributed by atoms with Crippen molar-refractivity contribution in [1.82, 2.24) is 10.2 Å². The Morgan fingerprint density at radius 2 is 2.21 bits per heavy atom. The van der Waals surface area contributed by atoms with Crippen LogP contribution in [0, 0.1) is 0 Å². The van der Waals surface area contributed by atoms with Gasteiger partial charge in [0.1, 0.15) is 5.75 Å². The second-order valence-corrected chi connectivity index (χ2v) is 5.04. The van der Waals surface area contributed by atoms with Crippen LogP contribution in [-0.2, 0) is 4.79 Å². The Kier molecular flexibility index (Phi) is 3.95. The minimum Gasteiger partial charge on any atom is -0.507 e. The quantitative estimate of drug-likeness (QED) is 0.861. The largest absolute Gasteiger partial charge is 0.507 e. The summed E-state index contributed by atoms with van der Waals surface area (Å²) in [6, 6.07) is 4.40. The molecule has 0 spiro atoms. The molecule has 0 radical (unpaired) electrons. The van der Waals surface area contributed by atoms with Crippen LogP contribution in [0.5, 0.6) is 5.75 Å². The Bertz CT molecular complexity index is 519. The van der Waals surface area contributed by atoms with Gasteiger partial charge in [-0.05, 0) is 24.6 Å². The predicted molar refractivity (Wildman–Crippen MR) is 71.2 cm³/mol. The number of hydrogen-bond acceptors (Lipinski definition) is 3. The van der Waals surface area contributed by atoms with Crippen molar-refractivity contribution in [2.75, 3.05) is 13.1 Å². The van der Waals surface area contributed by atoms with Crippen LogP contribution in [0.2, 0.25) is 5.02 Å². The average molecular weight is 283 g/mol. The van der Waals surface area contributed by atoms with Crippen molar-refractivity contribution in [3.05, 3.63) is 28.8 Å². The lowest BCUT2D eigenvalue weighted by Crippen LogP contribution is -2.37. The molecule has 2 N–H and O–H groups in total. The zero-order valence-corrected chi connectivity index (χ0v) is 11.3. The zero-order valence-electron chi connectivity index (χ0n) is 10.5. The first kappa shape index (κ1) is 13.7. The number of aromatic hydroxyl groups is 1. The molecule has 0 aliphatic carbocycles. The van der Waals surface area contributed by atoms with E-state index in [9.17, 15) is 14.7 Å². The fourth-order valence-corrected chi connectivity index (χ4v) is 2.37. The second kappa shape index (κ2) is 5.48. The molecule has 0 bridgehead atoms. The topological polar surface area (TPSA) is 69.6 Å². The van der Waals surface area contributed by atoms with Crippen LogP contribution in [0.4, 0.5) is 0 Å². The lowest BCUT2D eigenvalue weighted by Gasteiger charge is -2.17. The first-order valence-electron chi connectivity index (χ1n) is 6.02. The molecule has 6 heteroatoms. The Hall–Kier alpha value is -1.75. The number of hydrogen-bond donors (Lipinski definition) is 2. The molecule has 1 heterocycles. The van der Waals surface area contributed by atoms with Crippen LogP contribution in [0.15, 0.2) is 18.2 Å². The number of nitrogens with one attached hydrogen (secondary N) is 1. The van der Waals surface area contributed by atoms with Gasteiger partial charge in [0.15, 0.2) is 0 Å². The molecule has 1 unspecified atom stereocenters. The summed E-state index contributed by atoms with van der Waals surface area (Å²) >= 11 is 5.73. The maximum atomic E-state index is 12.2. The van der Waals surface area contributed by atoms with Crippen molar-refractivity contribution in [3.63, 3.8) is 0 Å². The highest BCUT2D eigenvalue weighted by atomic mass is 35.5. The lowest BCUT2D eigenvalue weighted by molar-refractivity contribution is -0.119. The van der Waals surface area contributed by atoms with Gasteiger partial charge in [0.2, 0.25) is 5.91 Å². The Morgan fingerprint density at radius 3 is 2.84 bits per heavy atom. The van der Waals surface area contributed by atoms with Crippen LogP contribution in [-0.4, -0.2) is 41.0 Å². The molecule has 2 rings (SSSR count). The smallest absolute Gasteiger partial charge is 0.257 e. The van der Waals surface area contributed by atoms with Gasteiger partial charge in [0.05, 0.1) is 5.56 Å². The fourth-order valence-electron chi connectivity index (χ4n) is 2.21. The number of halogens is 1. The van der Waals surface area contributed by atoms with Crippen molar-refractivity contribution in [1.29, 1.82) is 0 Å². The molecule has 0 saturated carbocycles. The number of nitrogens with zero attached hydrogens (tertiary/aromatic N) is 1. The lowest BCUT2D eigenvalue weighted by atomic mass is 10.2. The maximum Gasteiger partial charge on any atom is 0.257 e. The summed E-state index contributed by atoms with van der Waals surface area (Å²) in [5, 5.41) is 12.9. The van der Waals surface area contributed by atoms with Gasteiger partial charge in [0, 0.05) is 31.1 Å². The van der Waals surface area contributed by atoms with Crippen LogP contribution in [0.3, 0.4) is 0 Å². The summed E-state index contributed by atoms with van der Waals surface area (Å²) in [6.45, 7) is 2.47. The number of amides is 2. The highest BCUT2D eigenvalue weighted by Gasteiger charge is 2.28. The van der Waals surface area contributed by atoms with E-state index >= 15 is 0 Å². The Morgan fingerprint density at radius 1 is 1.47 bits per heavy atom. The van der Waals surface area contributed by atoms with E-state index in [0.29, 0.717) is 18.1 Å². The second-order valence-electron chi connectivity index (χ2n) is 4.60. The minimum absolute atomic E-state index is 0.0177. The van der Waals surface area contributed by atoms with E-state index in [1.807, 2.05) is 0 Å². The number of likely N-dealkylation sites (tertiary alicyclic amines) is 1. The molecule has 0 aromatic heterocycles. The number of benzene rings is 1. The molecule has 1 aliphatic heterocycles.